The molecule has 0 aliphatic carbocycles. The minimum absolute atomic E-state index is 0.149. The zero-order valence-corrected chi connectivity index (χ0v) is 19.4. The first-order valence-electron chi connectivity index (χ1n) is 10.9. The Morgan fingerprint density at radius 1 is 1.12 bits per heavy atom. The number of nitrogens with one attached hydrogen (secondary N) is 1. The maximum Gasteiger partial charge on any atom is 0.254 e. The number of methoxy groups -OCH3 is 1. The lowest BCUT2D eigenvalue weighted by Gasteiger charge is -2.38. The molecule has 1 saturated heterocycles. The van der Waals surface area contributed by atoms with E-state index in [4.69, 9.17) is 9.47 Å². The predicted octanol–water partition coefficient (Wildman–Crippen LogP) is 5.00. The number of aromatic nitrogens is 1. The zero-order chi connectivity index (χ0) is 23.1. The van der Waals surface area contributed by atoms with E-state index in [0.29, 0.717) is 36.1 Å². The third-order valence-electron chi connectivity index (χ3n) is 6.04. The quantitative estimate of drug-likeness (QED) is 0.474. The van der Waals surface area contributed by atoms with E-state index in [-0.39, 0.29) is 17.1 Å². The van der Waals surface area contributed by atoms with Crippen LogP contribution >= 0.6 is 11.8 Å². The SMILES string of the molecule is COc1ccc(C2(CNC(=O)c3cccnc3SCc3ccc(F)cc3)CCOCC2)cc1. The van der Waals surface area contributed by atoms with Crippen LogP contribution in [0.5, 0.6) is 5.75 Å². The van der Waals surface area contributed by atoms with Gasteiger partial charge in [0, 0.05) is 37.1 Å². The average Bonchev–Trinajstić information content (AvgIpc) is 2.88. The molecule has 0 atom stereocenters. The molecule has 0 unspecified atom stereocenters. The van der Waals surface area contributed by atoms with Gasteiger partial charge in [-0.25, -0.2) is 9.37 Å². The van der Waals surface area contributed by atoms with Crippen molar-refractivity contribution in [1.29, 1.82) is 0 Å². The molecule has 5 nitrogen and oxygen atoms in total. The van der Waals surface area contributed by atoms with Crippen molar-refractivity contribution in [2.45, 2.75) is 29.0 Å². The highest BCUT2D eigenvalue weighted by Gasteiger charge is 2.35. The summed E-state index contributed by atoms with van der Waals surface area (Å²) in [5.74, 6) is 0.998. The second kappa shape index (κ2) is 10.8. The second-order valence-corrected chi connectivity index (χ2v) is 9.04. The number of thioether (sulfide) groups is 1. The van der Waals surface area contributed by atoms with Gasteiger partial charge in [-0.15, -0.1) is 11.8 Å². The van der Waals surface area contributed by atoms with Gasteiger partial charge in [0.15, 0.2) is 0 Å². The maximum absolute atomic E-state index is 13.2. The number of benzene rings is 2. The Morgan fingerprint density at radius 2 is 1.85 bits per heavy atom. The maximum atomic E-state index is 13.2. The van der Waals surface area contributed by atoms with Gasteiger partial charge in [-0.05, 0) is 60.4 Å². The lowest BCUT2D eigenvalue weighted by Crippen LogP contribution is -2.44. The molecule has 2 aromatic carbocycles. The van der Waals surface area contributed by atoms with E-state index in [1.54, 1.807) is 37.6 Å². The van der Waals surface area contributed by atoms with Crippen LogP contribution in [0.15, 0.2) is 71.9 Å². The van der Waals surface area contributed by atoms with Crippen molar-refractivity contribution < 1.29 is 18.7 Å². The number of carbonyl (C=O) groups is 1. The predicted molar refractivity (Wildman–Crippen MR) is 127 cm³/mol. The van der Waals surface area contributed by atoms with Gasteiger partial charge in [-0.2, -0.15) is 0 Å². The Labute approximate surface area is 197 Å². The molecular formula is C26H27FN2O3S. The van der Waals surface area contributed by atoms with Gasteiger partial charge in [-0.1, -0.05) is 24.3 Å². The molecule has 1 amide bonds. The van der Waals surface area contributed by atoms with Crippen molar-refractivity contribution >= 4 is 17.7 Å². The normalized spacial score (nSPS) is 15.1. The van der Waals surface area contributed by atoms with Crippen molar-refractivity contribution in [1.82, 2.24) is 10.3 Å². The van der Waals surface area contributed by atoms with Crippen LogP contribution in [0.25, 0.3) is 0 Å². The van der Waals surface area contributed by atoms with Crippen molar-refractivity contribution in [3.8, 4) is 5.75 Å². The summed E-state index contributed by atoms with van der Waals surface area (Å²) in [6.07, 6.45) is 3.35. The van der Waals surface area contributed by atoms with Crippen LogP contribution in [0.4, 0.5) is 4.39 Å². The zero-order valence-electron chi connectivity index (χ0n) is 18.6. The monoisotopic (exact) mass is 466 g/mol. The minimum Gasteiger partial charge on any atom is -0.497 e. The highest BCUT2D eigenvalue weighted by Crippen LogP contribution is 2.35. The van der Waals surface area contributed by atoms with E-state index in [9.17, 15) is 9.18 Å². The van der Waals surface area contributed by atoms with Crippen molar-refractivity contribution in [2.75, 3.05) is 26.9 Å². The summed E-state index contributed by atoms with van der Waals surface area (Å²) < 4.78 is 24.1. The fourth-order valence-corrected chi connectivity index (χ4v) is 4.98. The highest BCUT2D eigenvalue weighted by molar-refractivity contribution is 7.98. The van der Waals surface area contributed by atoms with Gasteiger partial charge in [0.25, 0.3) is 5.91 Å². The number of hydrogen-bond acceptors (Lipinski definition) is 5. The molecule has 0 saturated carbocycles. The Morgan fingerprint density at radius 3 is 2.55 bits per heavy atom. The largest absolute Gasteiger partial charge is 0.497 e. The van der Waals surface area contributed by atoms with Crippen LogP contribution in [0.2, 0.25) is 0 Å². The minimum atomic E-state index is -0.263. The third kappa shape index (κ3) is 5.72. The van der Waals surface area contributed by atoms with Crippen LogP contribution < -0.4 is 10.1 Å². The summed E-state index contributed by atoms with van der Waals surface area (Å²) in [5, 5.41) is 3.81. The molecule has 2 heterocycles. The summed E-state index contributed by atoms with van der Waals surface area (Å²) in [6, 6.07) is 18.0. The summed E-state index contributed by atoms with van der Waals surface area (Å²) in [4.78, 5) is 17.6. The first-order valence-corrected chi connectivity index (χ1v) is 11.9. The molecule has 0 spiro atoms. The number of amides is 1. The van der Waals surface area contributed by atoms with Gasteiger partial charge in [0.1, 0.15) is 16.6 Å². The van der Waals surface area contributed by atoms with Gasteiger partial charge < -0.3 is 14.8 Å². The van der Waals surface area contributed by atoms with Gasteiger partial charge in [-0.3, -0.25) is 4.79 Å². The van der Waals surface area contributed by atoms with Crippen molar-refractivity contribution in [3.05, 3.63) is 89.4 Å². The van der Waals surface area contributed by atoms with Crippen LogP contribution in [-0.2, 0) is 15.9 Å². The molecule has 0 bridgehead atoms. The highest BCUT2D eigenvalue weighted by atomic mass is 32.2. The molecule has 7 heteroatoms. The van der Waals surface area contributed by atoms with E-state index in [1.807, 2.05) is 12.1 Å². The Bertz CT molecular complexity index is 1070. The molecule has 1 aliphatic rings. The molecule has 0 radical (unpaired) electrons. The molecule has 1 N–H and O–H groups in total. The van der Waals surface area contributed by atoms with Crippen LogP contribution in [0.1, 0.15) is 34.3 Å². The van der Waals surface area contributed by atoms with E-state index < -0.39 is 0 Å². The summed E-state index contributed by atoms with van der Waals surface area (Å²) >= 11 is 1.47. The molecule has 172 valence electrons. The van der Waals surface area contributed by atoms with Crippen LogP contribution in [0, 0.1) is 5.82 Å². The second-order valence-electron chi connectivity index (χ2n) is 8.08. The number of pyridine rings is 1. The molecule has 3 aromatic rings. The van der Waals surface area contributed by atoms with Crippen molar-refractivity contribution in [3.63, 3.8) is 0 Å². The Hall–Kier alpha value is -2.90. The topological polar surface area (TPSA) is 60.5 Å². The fraction of sp³-hybridized carbons (Fsp3) is 0.308. The molecule has 1 fully saturated rings. The lowest BCUT2D eigenvalue weighted by atomic mass is 9.74. The fourth-order valence-electron chi connectivity index (χ4n) is 4.03. The number of nitrogens with zero attached hydrogens (tertiary/aromatic N) is 1. The lowest BCUT2D eigenvalue weighted by molar-refractivity contribution is 0.0486. The van der Waals surface area contributed by atoms with Crippen molar-refractivity contribution in [2.24, 2.45) is 0 Å². The molecule has 1 aromatic heterocycles. The van der Waals surface area contributed by atoms with E-state index in [0.717, 1.165) is 24.2 Å². The standard InChI is InChI=1S/C26H27FN2O3S/c1-31-22-10-6-20(7-11-22)26(12-15-32-16-13-26)18-29-24(30)23-3-2-14-28-25(23)33-17-19-4-8-21(27)9-5-19/h2-11,14H,12-13,15-18H2,1H3,(H,29,30). The van der Waals surface area contributed by atoms with Gasteiger partial charge in [0.2, 0.25) is 0 Å². The molecule has 4 rings (SSSR count). The van der Waals surface area contributed by atoms with Gasteiger partial charge >= 0.3 is 0 Å². The Kier molecular flexibility index (Phi) is 7.62. The van der Waals surface area contributed by atoms with E-state index in [2.05, 4.69) is 22.4 Å². The summed E-state index contributed by atoms with van der Waals surface area (Å²) in [7, 11) is 1.65. The number of hydrogen-bond donors (Lipinski definition) is 1. The number of ether oxygens (including phenoxy) is 2. The number of carbonyl (C=O) groups excluding carboxylic acids is 1. The summed E-state index contributed by atoms with van der Waals surface area (Å²) in [5.41, 5.74) is 2.49. The summed E-state index contributed by atoms with van der Waals surface area (Å²) in [6.45, 7) is 1.83. The first kappa shape index (κ1) is 23.3. The average molecular weight is 467 g/mol. The van der Waals surface area contributed by atoms with Gasteiger partial charge in [0.05, 0.1) is 12.7 Å². The van der Waals surface area contributed by atoms with Crippen LogP contribution in [-0.4, -0.2) is 37.8 Å². The molecular weight excluding hydrogens is 439 g/mol. The number of halogens is 1. The third-order valence-corrected chi connectivity index (χ3v) is 7.12. The first-order chi connectivity index (χ1) is 16.1. The van der Waals surface area contributed by atoms with Crippen LogP contribution in [0.3, 0.4) is 0 Å². The molecule has 33 heavy (non-hydrogen) atoms. The Balaban J connectivity index is 1.47. The number of rotatable bonds is 8. The van der Waals surface area contributed by atoms with E-state index >= 15 is 0 Å². The van der Waals surface area contributed by atoms with E-state index in [1.165, 1.54) is 29.5 Å². The molecule has 1 aliphatic heterocycles. The smallest absolute Gasteiger partial charge is 0.254 e.